The van der Waals surface area contributed by atoms with Crippen LogP contribution in [-0.4, -0.2) is 18.6 Å². The van der Waals surface area contributed by atoms with Gasteiger partial charge in [0.2, 0.25) is 0 Å². The second kappa shape index (κ2) is 6.12. The molecule has 4 nitrogen and oxygen atoms in total. The van der Waals surface area contributed by atoms with Crippen molar-refractivity contribution in [1.29, 1.82) is 5.26 Å². The van der Waals surface area contributed by atoms with Crippen molar-refractivity contribution in [3.8, 4) is 28.7 Å². The molecule has 0 amide bonds. The van der Waals surface area contributed by atoms with Gasteiger partial charge in [-0.3, -0.25) is 0 Å². The minimum Gasteiger partial charge on any atom is -0.497 e. The summed E-state index contributed by atoms with van der Waals surface area (Å²) in [6, 6.07) is 18.2. The van der Waals surface area contributed by atoms with Crippen LogP contribution in [0.4, 0.5) is 0 Å². The van der Waals surface area contributed by atoms with Crippen LogP contribution in [0.2, 0.25) is 0 Å². The van der Waals surface area contributed by atoms with Gasteiger partial charge in [0, 0.05) is 22.8 Å². The monoisotopic (exact) mass is 342 g/mol. The Kier molecular flexibility index (Phi) is 3.78. The largest absolute Gasteiger partial charge is 0.497 e. The maximum absolute atomic E-state index is 9.55. The second-order valence-corrected chi connectivity index (χ2v) is 6.21. The highest BCUT2D eigenvalue weighted by atomic mass is 16.5. The molecule has 128 valence electrons. The molecule has 2 aromatic carbocycles. The average Bonchev–Trinajstić information content (AvgIpc) is 3.02. The minimum atomic E-state index is 0.680. The van der Waals surface area contributed by atoms with Gasteiger partial charge < -0.3 is 13.9 Å². The van der Waals surface area contributed by atoms with Crippen LogP contribution in [0.3, 0.4) is 0 Å². The highest BCUT2D eigenvalue weighted by molar-refractivity contribution is 6.06. The molecule has 0 aliphatic rings. The number of hydrogen-bond acceptors (Lipinski definition) is 3. The zero-order valence-electron chi connectivity index (χ0n) is 14.9. The summed E-state index contributed by atoms with van der Waals surface area (Å²) in [5.41, 5.74) is 4.80. The van der Waals surface area contributed by atoms with Crippen LogP contribution in [0.25, 0.3) is 27.4 Å². The molecule has 2 heterocycles. The number of hydrogen-bond donors (Lipinski definition) is 0. The van der Waals surface area contributed by atoms with Gasteiger partial charge in [0.1, 0.15) is 17.6 Å². The van der Waals surface area contributed by atoms with Crippen LogP contribution in [0.5, 0.6) is 11.5 Å². The van der Waals surface area contributed by atoms with Gasteiger partial charge in [0.25, 0.3) is 0 Å². The van der Waals surface area contributed by atoms with E-state index in [-0.39, 0.29) is 0 Å². The van der Waals surface area contributed by atoms with E-state index in [1.54, 1.807) is 14.2 Å². The Morgan fingerprint density at radius 2 is 1.58 bits per heavy atom. The first-order valence-electron chi connectivity index (χ1n) is 8.33. The molecule has 4 heteroatoms. The smallest absolute Gasteiger partial charge is 0.119 e. The van der Waals surface area contributed by atoms with Gasteiger partial charge in [-0.1, -0.05) is 12.1 Å². The van der Waals surface area contributed by atoms with E-state index in [0.717, 1.165) is 44.6 Å². The van der Waals surface area contributed by atoms with Crippen molar-refractivity contribution in [3.05, 3.63) is 66.0 Å². The molecule has 0 saturated carbocycles. The number of aryl methyl sites for hydroxylation is 1. The van der Waals surface area contributed by atoms with E-state index in [1.165, 1.54) is 0 Å². The highest BCUT2D eigenvalue weighted by Crippen LogP contribution is 2.36. The predicted octanol–water partition coefficient (Wildman–Crippen LogP) is 4.96. The third-order valence-electron chi connectivity index (χ3n) is 4.78. The third-order valence-corrected chi connectivity index (χ3v) is 4.78. The Labute approximate surface area is 151 Å². The summed E-state index contributed by atoms with van der Waals surface area (Å²) in [6.07, 6.45) is 2.09. The third kappa shape index (κ3) is 2.37. The maximum atomic E-state index is 9.55. The van der Waals surface area contributed by atoms with Crippen molar-refractivity contribution in [2.75, 3.05) is 14.2 Å². The molecular weight excluding hydrogens is 324 g/mol. The molecule has 0 aliphatic heterocycles. The normalized spacial score (nSPS) is 10.8. The van der Waals surface area contributed by atoms with E-state index in [2.05, 4.69) is 16.7 Å². The summed E-state index contributed by atoms with van der Waals surface area (Å²) in [6.45, 7) is 2.01. The lowest BCUT2D eigenvalue weighted by atomic mass is 9.99. The topological polar surface area (TPSA) is 46.7 Å². The van der Waals surface area contributed by atoms with Crippen molar-refractivity contribution in [2.45, 2.75) is 6.92 Å². The van der Waals surface area contributed by atoms with E-state index < -0.39 is 0 Å². The Hall–Kier alpha value is -3.45. The van der Waals surface area contributed by atoms with E-state index in [0.29, 0.717) is 5.56 Å². The first kappa shape index (κ1) is 16.0. The molecular formula is C22H18N2O2. The van der Waals surface area contributed by atoms with E-state index >= 15 is 0 Å². The van der Waals surface area contributed by atoms with Gasteiger partial charge in [-0.15, -0.1) is 0 Å². The van der Waals surface area contributed by atoms with Gasteiger partial charge in [0.15, 0.2) is 0 Å². The van der Waals surface area contributed by atoms with Crippen LogP contribution >= 0.6 is 0 Å². The molecule has 0 unspecified atom stereocenters. The lowest BCUT2D eigenvalue weighted by molar-refractivity contribution is 0.415. The van der Waals surface area contributed by atoms with E-state index in [1.807, 2.05) is 55.5 Å². The van der Waals surface area contributed by atoms with Crippen molar-refractivity contribution in [1.82, 2.24) is 4.40 Å². The predicted molar refractivity (Wildman–Crippen MR) is 103 cm³/mol. The molecule has 0 fully saturated rings. The van der Waals surface area contributed by atoms with Gasteiger partial charge in [0.05, 0.1) is 25.3 Å². The van der Waals surface area contributed by atoms with Gasteiger partial charge in [-0.25, -0.2) is 0 Å². The number of aromatic nitrogens is 1. The Balaban J connectivity index is 2.12. The first-order chi connectivity index (χ1) is 12.7. The van der Waals surface area contributed by atoms with Crippen molar-refractivity contribution in [2.24, 2.45) is 0 Å². The number of rotatable bonds is 3. The van der Waals surface area contributed by atoms with Crippen molar-refractivity contribution in [3.63, 3.8) is 0 Å². The van der Waals surface area contributed by atoms with Crippen molar-refractivity contribution >= 4 is 16.3 Å². The minimum absolute atomic E-state index is 0.680. The number of nitriles is 1. The van der Waals surface area contributed by atoms with Gasteiger partial charge in [-0.2, -0.15) is 5.26 Å². The summed E-state index contributed by atoms with van der Waals surface area (Å²) < 4.78 is 12.8. The summed E-state index contributed by atoms with van der Waals surface area (Å²) in [7, 11) is 3.32. The van der Waals surface area contributed by atoms with Crippen LogP contribution in [0.1, 0.15) is 11.3 Å². The molecule has 0 spiro atoms. The Bertz CT molecular complexity index is 1170. The van der Waals surface area contributed by atoms with Crippen LogP contribution < -0.4 is 9.47 Å². The average molecular weight is 342 g/mol. The summed E-state index contributed by atoms with van der Waals surface area (Å²) in [5.74, 6) is 1.61. The number of benzene rings is 2. The molecule has 4 aromatic rings. The van der Waals surface area contributed by atoms with Crippen LogP contribution in [0, 0.1) is 18.3 Å². The number of methoxy groups -OCH3 is 2. The zero-order valence-corrected chi connectivity index (χ0v) is 14.9. The standard InChI is InChI=1S/C22H18N2O2/c1-14-10-16(12-23)22-19-9-8-18(26-3)11-20(19)21(13-24(14)22)15-4-6-17(25-2)7-5-15/h4-11,13H,1-3H3. The number of ether oxygens (including phenoxy) is 2. The first-order valence-corrected chi connectivity index (χ1v) is 8.33. The number of nitrogens with zero attached hydrogens (tertiary/aromatic N) is 2. The zero-order chi connectivity index (χ0) is 18.3. The molecule has 0 radical (unpaired) electrons. The SMILES string of the molecule is COc1ccc(-c2cn3c(C)cc(C#N)c3c3ccc(OC)cc23)cc1. The van der Waals surface area contributed by atoms with E-state index in [4.69, 9.17) is 9.47 Å². The lowest BCUT2D eigenvalue weighted by Crippen LogP contribution is -1.94. The van der Waals surface area contributed by atoms with Gasteiger partial charge in [-0.05, 0) is 54.3 Å². The fourth-order valence-electron chi connectivity index (χ4n) is 3.46. The van der Waals surface area contributed by atoms with Crippen LogP contribution in [0.15, 0.2) is 54.7 Å². The lowest BCUT2D eigenvalue weighted by Gasteiger charge is -2.13. The Morgan fingerprint density at radius 1 is 0.885 bits per heavy atom. The van der Waals surface area contributed by atoms with Crippen LogP contribution in [-0.2, 0) is 0 Å². The summed E-state index contributed by atoms with van der Waals surface area (Å²) in [4.78, 5) is 0. The molecule has 0 atom stereocenters. The molecule has 26 heavy (non-hydrogen) atoms. The molecule has 2 aromatic heterocycles. The summed E-state index contributed by atoms with van der Waals surface area (Å²) >= 11 is 0. The maximum Gasteiger partial charge on any atom is 0.119 e. The molecule has 0 saturated heterocycles. The fourth-order valence-corrected chi connectivity index (χ4v) is 3.46. The molecule has 0 N–H and O–H groups in total. The fraction of sp³-hybridized carbons (Fsp3) is 0.136. The van der Waals surface area contributed by atoms with E-state index in [9.17, 15) is 5.26 Å². The van der Waals surface area contributed by atoms with Crippen molar-refractivity contribution < 1.29 is 9.47 Å². The summed E-state index contributed by atoms with van der Waals surface area (Å²) in [5, 5.41) is 11.6. The molecule has 0 bridgehead atoms. The molecule has 4 rings (SSSR count). The number of pyridine rings is 1. The second-order valence-electron chi connectivity index (χ2n) is 6.21. The van der Waals surface area contributed by atoms with Gasteiger partial charge >= 0.3 is 0 Å². The number of fused-ring (bicyclic) bond motifs is 3. The molecule has 0 aliphatic carbocycles. The quantitative estimate of drug-likeness (QED) is 0.529. The highest BCUT2D eigenvalue weighted by Gasteiger charge is 2.15. The Morgan fingerprint density at radius 3 is 2.23 bits per heavy atom.